The minimum Gasteiger partial charge on any atom is -0.381 e. The first-order valence-electron chi connectivity index (χ1n) is 10.1. The zero-order valence-electron chi connectivity index (χ0n) is 16.1. The number of ketones is 2. The number of ether oxygens (including phenoxy) is 1. The first kappa shape index (κ1) is 18.5. The Bertz CT molecular complexity index is 817. The highest BCUT2D eigenvalue weighted by Crippen LogP contribution is 2.76. The van der Waals surface area contributed by atoms with Crippen molar-refractivity contribution in [1.82, 2.24) is 0 Å². The Morgan fingerprint density at radius 2 is 2.11 bits per heavy atom. The molecule has 5 rings (SSSR count). The molecule has 1 spiro atoms. The van der Waals surface area contributed by atoms with Crippen molar-refractivity contribution in [3.63, 3.8) is 0 Å². The van der Waals surface area contributed by atoms with Gasteiger partial charge in [-0.1, -0.05) is 48.1 Å². The van der Waals surface area contributed by atoms with Crippen molar-refractivity contribution in [2.75, 3.05) is 4.43 Å². The lowest BCUT2D eigenvalue weighted by Gasteiger charge is -2.55. The Balaban J connectivity index is 1.60. The van der Waals surface area contributed by atoms with Gasteiger partial charge in [0.2, 0.25) is 0 Å². The molecule has 1 saturated heterocycles. The average molecular weight is 482 g/mol. The van der Waals surface area contributed by atoms with Crippen molar-refractivity contribution in [2.45, 2.75) is 63.8 Å². The average Bonchev–Trinajstić information content (AvgIpc) is 3.31. The van der Waals surface area contributed by atoms with Gasteiger partial charge in [0.1, 0.15) is 11.2 Å². The van der Waals surface area contributed by atoms with Crippen LogP contribution in [0.15, 0.2) is 23.8 Å². The van der Waals surface area contributed by atoms with E-state index in [1.807, 2.05) is 13.0 Å². The lowest BCUT2D eigenvalue weighted by Crippen LogP contribution is -2.62. The topological polar surface area (TPSA) is 66.9 Å². The van der Waals surface area contributed by atoms with Crippen LogP contribution in [0.4, 0.5) is 0 Å². The molecule has 0 bridgehead atoms. The van der Waals surface area contributed by atoms with Gasteiger partial charge in [0.05, 0.1) is 10.5 Å². The third-order valence-electron chi connectivity index (χ3n) is 9.06. The summed E-state index contributed by atoms with van der Waals surface area (Å²) in [6, 6.07) is 0. The van der Waals surface area contributed by atoms with Crippen LogP contribution in [0.1, 0.15) is 46.5 Å². The van der Waals surface area contributed by atoms with Crippen LogP contribution < -0.4 is 0 Å². The predicted octanol–water partition coefficient (Wildman–Crippen LogP) is 3.41. The Labute approximate surface area is 173 Å². The number of hydrogen-bond donors (Lipinski definition) is 1. The maximum Gasteiger partial charge on any atom is 0.178 e. The van der Waals surface area contributed by atoms with Crippen molar-refractivity contribution in [2.24, 2.45) is 28.6 Å². The van der Waals surface area contributed by atoms with Crippen LogP contribution in [0.25, 0.3) is 0 Å². The largest absolute Gasteiger partial charge is 0.381 e. The highest BCUT2D eigenvalue weighted by molar-refractivity contribution is 14.1. The van der Waals surface area contributed by atoms with Gasteiger partial charge in [0, 0.05) is 10.8 Å². The molecule has 0 aromatic rings. The van der Waals surface area contributed by atoms with E-state index in [2.05, 4.69) is 42.5 Å². The number of Topliss-reactive ketones (excluding diaryl/α,β-unsaturated/α-hetero) is 1. The Morgan fingerprint density at radius 1 is 1.37 bits per heavy atom. The van der Waals surface area contributed by atoms with Crippen molar-refractivity contribution < 1.29 is 19.4 Å². The zero-order chi connectivity index (χ0) is 19.4. The molecule has 0 aromatic carbocycles. The molecule has 5 heteroatoms. The third-order valence-corrected chi connectivity index (χ3v) is 9.75. The summed E-state index contributed by atoms with van der Waals surface area (Å²) in [6.07, 6.45) is 9.09. The number of aliphatic hydroxyl groups is 1. The fourth-order valence-corrected chi connectivity index (χ4v) is 8.26. The standard InChI is InChI=1S/C22H27IO4/c1-12-8-16-15-5-4-13-9-14(24)6-7-19(13,2)22(15)18(27-22)10-20(16,3)21(12,26)17(25)11-23/h6-7,9,12,15-16,18,26H,4-5,8,10-11H2,1-3H3/t12-,15+,16+,18+,19+,20+,21+,22-/m1/s1. The quantitative estimate of drug-likeness (QED) is 0.372. The number of carbonyl (C=O) groups excluding carboxylic acids is 2. The highest BCUT2D eigenvalue weighted by atomic mass is 127. The second-order valence-electron chi connectivity index (χ2n) is 9.84. The Morgan fingerprint density at radius 3 is 2.81 bits per heavy atom. The van der Waals surface area contributed by atoms with Crippen molar-refractivity contribution >= 4 is 34.2 Å². The number of epoxide rings is 1. The molecule has 27 heavy (non-hydrogen) atoms. The van der Waals surface area contributed by atoms with Crippen molar-refractivity contribution in [3.05, 3.63) is 23.8 Å². The van der Waals surface area contributed by atoms with E-state index in [1.54, 1.807) is 6.08 Å². The summed E-state index contributed by atoms with van der Waals surface area (Å²) in [6.45, 7) is 6.39. The molecule has 3 saturated carbocycles. The van der Waals surface area contributed by atoms with E-state index in [-0.39, 0.29) is 40.5 Å². The van der Waals surface area contributed by atoms with E-state index < -0.39 is 11.0 Å². The molecule has 1 aliphatic heterocycles. The van der Waals surface area contributed by atoms with Crippen molar-refractivity contribution in [3.8, 4) is 0 Å². The van der Waals surface area contributed by atoms with Crippen LogP contribution in [0, 0.1) is 28.6 Å². The van der Waals surface area contributed by atoms with E-state index in [0.717, 1.165) is 25.7 Å². The molecule has 4 fully saturated rings. The molecule has 4 nitrogen and oxygen atoms in total. The van der Waals surface area contributed by atoms with E-state index in [4.69, 9.17) is 4.74 Å². The van der Waals surface area contributed by atoms with Gasteiger partial charge >= 0.3 is 0 Å². The number of halogens is 1. The fourth-order valence-electron chi connectivity index (χ4n) is 7.68. The SMILES string of the molecule is C[C@@H]1C[C@H]2[C@@H]3CCC4=CC(=O)C=C[C@]4(C)[C@@]34O[C@H]4C[C@]2(C)[C@@]1(O)C(=O)CI. The van der Waals surface area contributed by atoms with Crippen LogP contribution in [0.2, 0.25) is 0 Å². The smallest absolute Gasteiger partial charge is 0.178 e. The monoisotopic (exact) mass is 482 g/mol. The molecular weight excluding hydrogens is 455 g/mol. The Kier molecular flexibility index (Phi) is 3.65. The normalized spacial score (nSPS) is 55.1. The summed E-state index contributed by atoms with van der Waals surface area (Å²) < 4.78 is 6.84. The minimum absolute atomic E-state index is 0.0282. The molecule has 4 aliphatic carbocycles. The second kappa shape index (κ2) is 5.33. The summed E-state index contributed by atoms with van der Waals surface area (Å²) >= 11 is 2.08. The van der Waals surface area contributed by atoms with Gasteiger partial charge in [-0.25, -0.2) is 0 Å². The number of allylic oxidation sites excluding steroid dienone is 2. The van der Waals surface area contributed by atoms with Crippen LogP contribution in [0.5, 0.6) is 0 Å². The molecule has 1 heterocycles. The van der Waals surface area contributed by atoms with Gasteiger partial charge in [-0.05, 0) is 62.5 Å². The summed E-state index contributed by atoms with van der Waals surface area (Å²) in [5.41, 5.74) is -1.01. The second-order valence-corrected chi connectivity index (χ2v) is 10.6. The Hall–Kier alpha value is -0.530. The molecule has 1 N–H and O–H groups in total. The van der Waals surface area contributed by atoms with Gasteiger partial charge in [-0.3, -0.25) is 9.59 Å². The van der Waals surface area contributed by atoms with E-state index >= 15 is 0 Å². The van der Waals surface area contributed by atoms with Crippen molar-refractivity contribution in [1.29, 1.82) is 0 Å². The summed E-state index contributed by atoms with van der Waals surface area (Å²) in [7, 11) is 0. The van der Waals surface area contributed by atoms with Crippen LogP contribution in [0.3, 0.4) is 0 Å². The lowest BCUT2D eigenvalue weighted by molar-refractivity contribution is -0.160. The maximum atomic E-state index is 12.9. The lowest BCUT2D eigenvalue weighted by atomic mass is 9.47. The maximum absolute atomic E-state index is 12.9. The predicted molar refractivity (Wildman–Crippen MR) is 110 cm³/mol. The van der Waals surface area contributed by atoms with Gasteiger partial charge < -0.3 is 9.84 Å². The minimum atomic E-state index is -1.26. The van der Waals surface area contributed by atoms with Gasteiger partial charge in [-0.15, -0.1) is 0 Å². The molecule has 0 amide bonds. The van der Waals surface area contributed by atoms with E-state index in [9.17, 15) is 14.7 Å². The highest BCUT2D eigenvalue weighted by Gasteiger charge is 2.81. The van der Waals surface area contributed by atoms with Gasteiger partial charge in [0.25, 0.3) is 0 Å². The molecule has 0 unspecified atom stereocenters. The molecule has 0 radical (unpaired) electrons. The summed E-state index contributed by atoms with van der Waals surface area (Å²) in [5.74, 6) is 0.607. The van der Waals surface area contributed by atoms with Crippen LogP contribution >= 0.6 is 22.6 Å². The molecule has 8 atom stereocenters. The number of fused-ring (bicyclic) bond motifs is 3. The van der Waals surface area contributed by atoms with Crippen LogP contribution in [-0.4, -0.2) is 38.4 Å². The number of carbonyl (C=O) groups is 2. The third kappa shape index (κ3) is 1.88. The summed E-state index contributed by atoms with van der Waals surface area (Å²) in [4.78, 5) is 24.8. The first-order valence-corrected chi connectivity index (χ1v) is 11.6. The number of alkyl halides is 1. The number of rotatable bonds is 2. The van der Waals surface area contributed by atoms with E-state index in [1.165, 1.54) is 5.57 Å². The van der Waals surface area contributed by atoms with E-state index in [0.29, 0.717) is 10.3 Å². The zero-order valence-corrected chi connectivity index (χ0v) is 18.3. The fraction of sp³-hybridized carbons (Fsp3) is 0.727. The van der Waals surface area contributed by atoms with Crippen LogP contribution in [-0.2, 0) is 14.3 Å². The van der Waals surface area contributed by atoms with Gasteiger partial charge in [0.15, 0.2) is 11.6 Å². The molecule has 0 aromatic heterocycles. The number of hydrogen-bond acceptors (Lipinski definition) is 4. The summed E-state index contributed by atoms with van der Waals surface area (Å²) in [5, 5.41) is 11.7. The molecular formula is C22H27IO4. The van der Waals surface area contributed by atoms with Gasteiger partial charge in [-0.2, -0.15) is 0 Å². The molecule has 5 aliphatic rings. The molecule has 146 valence electrons. The first-order chi connectivity index (χ1) is 12.6.